The minimum Gasteiger partial charge on any atom is -0.376 e. The van der Waals surface area contributed by atoms with Gasteiger partial charge in [-0.1, -0.05) is 29.8 Å². The number of halogens is 1. The number of carbonyl (C=O) groups excluding carboxylic acids is 1. The lowest BCUT2D eigenvalue weighted by Gasteiger charge is -2.20. The molecule has 1 unspecified atom stereocenters. The van der Waals surface area contributed by atoms with Crippen molar-refractivity contribution < 1.29 is 17.9 Å². The van der Waals surface area contributed by atoms with Gasteiger partial charge in [0.25, 0.3) is 0 Å². The molecule has 1 N–H and O–H groups in total. The summed E-state index contributed by atoms with van der Waals surface area (Å²) in [6, 6.07) is 7.08. The molecule has 0 saturated carbocycles. The van der Waals surface area contributed by atoms with Crippen LogP contribution in [0.2, 0.25) is 5.02 Å². The van der Waals surface area contributed by atoms with Gasteiger partial charge in [0, 0.05) is 37.7 Å². The van der Waals surface area contributed by atoms with Crippen molar-refractivity contribution in [2.45, 2.75) is 31.9 Å². The van der Waals surface area contributed by atoms with Gasteiger partial charge in [-0.25, -0.2) is 8.42 Å². The van der Waals surface area contributed by atoms with Crippen LogP contribution in [0, 0.1) is 0 Å². The van der Waals surface area contributed by atoms with Gasteiger partial charge in [-0.15, -0.1) is 0 Å². The van der Waals surface area contributed by atoms with E-state index in [-0.39, 0.29) is 31.5 Å². The Bertz CT molecular complexity index is 660. The Morgan fingerprint density at radius 3 is 2.79 bits per heavy atom. The van der Waals surface area contributed by atoms with E-state index in [0.29, 0.717) is 17.1 Å². The zero-order valence-corrected chi connectivity index (χ0v) is 15.3. The molecular weight excluding hydrogens is 352 g/mol. The van der Waals surface area contributed by atoms with Crippen molar-refractivity contribution in [2.24, 2.45) is 0 Å². The summed E-state index contributed by atoms with van der Waals surface area (Å²) in [6.07, 6.45) is 3.27. The number of hydrogen-bond acceptors (Lipinski definition) is 4. The van der Waals surface area contributed by atoms with E-state index in [2.05, 4.69) is 5.32 Å². The van der Waals surface area contributed by atoms with Crippen molar-refractivity contribution in [3.05, 3.63) is 34.9 Å². The van der Waals surface area contributed by atoms with Crippen molar-refractivity contribution in [3.63, 3.8) is 0 Å². The van der Waals surface area contributed by atoms with Crippen LogP contribution in [0.25, 0.3) is 0 Å². The number of benzene rings is 1. The first-order valence-corrected chi connectivity index (χ1v) is 10.2. The van der Waals surface area contributed by atoms with Crippen LogP contribution in [0.4, 0.5) is 0 Å². The van der Waals surface area contributed by atoms with Gasteiger partial charge >= 0.3 is 0 Å². The molecule has 1 fully saturated rings. The second-order valence-corrected chi connectivity index (χ2v) is 8.27. The highest BCUT2D eigenvalue weighted by Gasteiger charge is 2.20. The van der Waals surface area contributed by atoms with Crippen LogP contribution in [0.1, 0.15) is 24.8 Å². The average Bonchev–Trinajstić information content (AvgIpc) is 3.03. The Labute approximate surface area is 148 Å². The molecule has 1 aromatic carbocycles. The fraction of sp³-hybridized carbons (Fsp3) is 0.562. The standard InChI is InChI=1S/C16H23ClN2O4S/c1-24(21,22)19(12-13-5-2-3-7-15(13)17)9-8-16(20)18-11-14-6-4-10-23-14/h2-3,5,7,14H,4,6,8-12H2,1H3,(H,18,20). The molecule has 24 heavy (non-hydrogen) atoms. The fourth-order valence-electron chi connectivity index (χ4n) is 2.53. The fourth-order valence-corrected chi connectivity index (χ4v) is 3.52. The summed E-state index contributed by atoms with van der Waals surface area (Å²) in [5.74, 6) is -0.182. The molecule has 0 aromatic heterocycles. The van der Waals surface area contributed by atoms with Gasteiger partial charge in [0.15, 0.2) is 0 Å². The Balaban J connectivity index is 1.87. The van der Waals surface area contributed by atoms with E-state index in [1.54, 1.807) is 24.3 Å². The third-order valence-electron chi connectivity index (χ3n) is 3.91. The highest BCUT2D eigenvalue weighted by Crippen LogP contribution is 2.18. The van der Waals surface area contributed by atoms with Gasteiger partial charge in [-0.05, 0) is 24.5 Å². The molecule has 2 rings (SSSR count). The molecule has 1 aromatic rings. The third-order valence-corrected chi connectivity index (χ3v) is 5.53. The molecule has 1 aliphatic rings. The number of nitrogens with one attached hydrogen (secondary N) is 1. The number of amides is 1. The van der Waals surface area contributed by atoms with Crippen molar-refractivity contribution in [1.82, 2.24) is 9.62 Å². The maximum Gasteiger partial charge on any atom is 0.221 e. The number of rotatable bonds is 8. The van der Waals surface area contributed by atoms with E-state index < -0.39 is 10.0 Å². The van der Waals surface area contributed by atoms with Gasteiger partial charge in [0.2, 0.25) is 15.9 Å². The molecule has 1 saturated heterocycles. The first-order valence-electron chi connectivity index (χ1n) is 7.93. The molecular formula is C16H23ClN2O4S. The first-order chi connectivity index (χ1) is 11.4. The van der Waals surface area contributed by atoms with E-state index in [1.807, 2.05) is 0 Å². The van der Waals surface area contributed by atoms with E-state index in [0.717, 1.165) is 25.7 Å². The molecule has 0 bridgehead atoms. The van der Waals surface area contributed by atoms with Crippen LogP contribution >= 0.6 is 11.6 Å². The summed E-state index contributed by atoms with van der Waals surface area (Å²) in [5.41, 5.74) is 0.712. The summed E-state index contributed by atoms with van der Waals surface area (Å²) < 4.78 is 30.6. The smallest absolute Gasteiger partial charge is 0.221 e. The predicted octanol–water partition coefficient (Wildman–Crippen LogP) is 1.79. The van der Waals surface area contributed by atoms with Gasteiger partial charge in [-0.3, -0.25) is 4.79 Å². The maximum absolute atomic E-state index is 12.0. The minimum atomic E-state index is -3.44. The van der Waals surface area contributed by atoms with Gasteiger partial charge in [-0.2, -0.15) is 4.31 Å². The SMILES string of the molecule is CS(=O)(=O)N(CCC(=O)NCC1CCCO1)Cc1ccccc1Cl. The first kappa shape index (κ1) is 19.2. The molecule has 1 heterocycles. The number of sulfonamides is 1. The second kappa shape index (κ2) is 8.80. The van der Waals surface area contributed by atoms with E-state index in [1.165, 1.54) is 4.31 Å². The summed E-state index contributed by atoms with van der Waals surface area (Å²) in [4.78, 5) is 11.9. The quantitative estimate of drug-likeness (QED) is 0.752. The molecule has 134 valence electrons. The third kappa shape index (κ3) is 6.05. The van der Waals surface area contributed by atoms with Crippen LogP contribution in [-0.2, 0) is 26.1 Å². The zero-order valence-electron chi connectivity index (χ0n) is 13.7. The molecule has 0 radical (unpaired) electrons. The molecule has 1 atom stereocenters. The van der Waals surface area contributed by atoms with Gasteiger partial charge in [0.1, 0.15) is 0 Å². The monoisotopic (exact) mass is 374 g/mol. The normalized spacial score (nSPS) is 18.0. The van der Waals surface area contributed by atoms with Gasteiger partial charge in [0.05, 0.1) is 12.4 Å². The van der Waals surface area contributed by atoms with E-state index in [9.17, 15) is 13.2 Å². The Morgan fingerprint density at radius 2 is 2.17 bits per heavy atom. The lowest BCUT2D eigenvalue weighted by Crippen LogP contribution is -2.36. The van der Waals surface area contributed by atoms with Gasteiger partial charge < -0.3 is 10.1 Å². The van der Waals surface area contributed by atoms with Crippen LogP contribution in [0.15, 0.2) is 24.3 Å². The van der Waals surface area contributed by atoms with Crippen molar-refractivity contribution >= 4 is 27.5 Å². The lowest BCUT2D eigenvalue weighted by atomic mass is 10.2. The maximum atomic E-state index is 12.0. The largest absolute Gasteiger partial charge is 0.376 e. The predicted molar refractivity (Wildman–Crippen MR) is 93.3 cm³/mol. The van der Waals surface area contributed by atoms with Crippen molar-refractivity contribution in [3.8, 4) is 0 Å². The second-order valence-electron chi connectivity index (χ2n) is 5.88. The summed E-state index contributed by atoms with van der Waals surface area (Å²) in [6.45, 7) is 1.47. The highest BCUT2D eigenvalue weighted by molar-refractivity contribution is 7.88. The van der Waals surface area contributed by atoms with Crippen LogP contribution in [0.5, 0.6) is 0 Å². The summed E-state index contributed by atoms with van der Waals surface area (Å²) in [7, 11) is -3.44. The Hall–Kier alpha value is -1.15. The lowest BCUT2D eigenvalue weighted by molar-refractivity contribution is -0.121. The molecule has 1 amide bonds. The molecule has 6 nitrogen and oxygen atoms in total. The summed E-state index contributed by atoms with van der Waals surface area (Å²) in [5, 5.41) is 3.30. The zero-order chi connectivity index (χ0) is 17.6. The van der Waals surface area contributed by atoms with E-state index in [4.69, 9.17) is 16.3 Å². The van der Waals surface area contributed by atoms with Crippen LogP contribution in [-0.4, -0.2) is 50.7 Å². The molecule has 0 aliphatic carbocycles. The molecule has 0 spiro atoms. The average molecular weight is 375 g/mol. The Morgan fingerprint density at radius 1 is 1.42 bits per heavy atom. The highest BCUT2D eigenvalue weighted by atomic mass is 35.5. The number of carbonyl (C=O) groups is 1. The Kier molecular flexibility index (Phi) is 7.03. The number of nitrogens with zero attached hydrogens (tertiary/aromatic N) is 1. The van der Waals surface area contributed by atoms with Crippen LogP contribution in [0.3, 0.4) is 0 Å². The number of ether oxygens (including phenoxy) is 1. The summed E-state index contributed by atoms with van der Waals surface area (Å²) >= 11 is 6.09. The van der Waals surface area contributed by atoms with E-state index >= 15 is 0 Å². The van der Waals surface area contributed by atoms with Crippen LogP contribution < -0.4 is 5.32 Å². The molecule has 8 heteroatoms. The topological polar surface area (TPSA) is 75.7 Å². The number of hydrogen-bond donors (Lipinski definition) is 1. The molecule has 1 aliphatic heterocycles. The van der Waals surface area contributed by atoms with Crippen molar-refractivity contribution in [1.29, 1.82) is 0 Å². The van der Waals surface area contributed by atoms with Crippen molar-refractivity contribution in [2.75, 3.05) is 26.0 Å². The minimum absolute atomic E-state index is 0.0723.